The van der Waals surface area contributed by atoms with E-state index in [4.69, 9.17) is 11.6 Å². The van der Waals surface area contributed by atoms with Crippen LogP contribution in [-0.2, 0) is 0 Å². The van der Waals surface area contributed by atoms with E-state index in [1.165, 1.54) is 0 Å². The maximum atomic E-state index is 11.1. The van der Waals surface area contributed by atoms with Gasteiger partial charge >= 0.3 is 5.69 Å². The van der Waals surface area contributed by atoms with E-state index in [2.05, 4.69) is 19.2 Å². The number of benzene rings is 1. The molecule has 1 unspecified atom stereocenters. The Balaban J connectivity index is 2.29. The molecule has 1 fully saturated rings. The van der Waals surface area contributed by atoms with Crippen molar-refractivity contribution in [3.05, 3.63) is 33.3 Å². The number of nitro benzene ring substituents is 1. The van der Waals surface area contributed by atoms with Crippen LogP contribution in [0.25, 0.3) is 0 Å². The third-order valence-corrected chi connectivity index (χ3v) is 4.06. The second kappa shape index (κ2) is 4.76. The van der Waals surface area contributed by atoms with Crippen LogP contribution in [0.1, 0.15) is 33.1 Å². The molecule has 5 heteroatoms. The van der Waals surface area contributed by atoms with Crippen molar-refractivity contribution < 1.29 is 4.92 Å². The zero-order chi connectivity index (χ0) is 13.3. The lowest BCUT2D eigenvalue weighted by atomic mass is 9.87. The van der Waals surface area contributed by atoms with Crippen molar-refractivity contribution in [2.24, 2.45) is 5.41 Å². The molecule has 1 aromatic carbocycles. The summed E-state index contributed by atoms with van der Waals surface area (Å²) in [5.74, 6) is 0. The zero-order valence-corrected chi connectivity index (χ0v) is 11.3. The number of nitrogens with one attached hydrogen (secondary N) is 1. The first kappa shape index (κ1) is 13.1. The third kappa shape index (κ3) is 2.43. The van der Waals surface area contributed by atoms with Gasteiger partial charge in [0.15, 0.2) is 0 Å². The van der Waals surface area contributed by atoms with Gasteiger partial charge in [0.25, 0.3) is 0 Å². The molecule has 1 aliphatic carbocycles. The average Bonchev–Trinajstić information content (AvgIpc) is 2.58. The molecule has 98 valence electrons. The summed E-state index contributed by atoms with van der Waals surface area (Å²) in [7, 11) is 0. The van der Waals surface area contributed by atoms with Crippen LogP contribution in [-0.4, -0.2) is 11.0 Å². The van der Waals surface area contributed by atoms with Gasteiger partial charge in [0, 0.05) is 6.04 Å². The quantitative estimate of drug-likeness (QED) is 0.659. The van der Waals surface area contributed by atoms with Gasteiger partial charge in [0.1, 0.15) is 10.7 Å². The summed E-state index contributed by atoms with van der Waals surface area (Å²) in [6, 6.07) is 5.26. The Hall–Kier alpha value is -1.29. The smallest absolute Gasteiger partial charge is 0.310 e. The molecule has 0 aromatic heterocycles. The van der Waals surface area contributed by atoms with Crippen molar-refractivity contribution in [3.63, 3.8) is 0 Å². The van der Waals surface area contributed by atoms with Crippen molar-refractivity contribution in [2.45, 2.75) is 39.2 Å². The summed E-state index contributed by atoms with van der Waals surface area (Å²) < 4.78 is 0. The van der Waals surface area contributed by atoms with E-state index in [0.717, 1.165) is 19.3 Å². The van der Waals surface area contributed by atoms with E-state index in [1.807, 2.05) is 0 Å². The predicted molar refractivity (Wildman–Crippen MR) is 73.1 cm³/mol. The molecule has 0 radical (unpaired) electrons. The van der Waals surface area contributed by atoms with Crippen LogP contribution in [0.3, 0.4) is 0 Å². The van der Waals surface area contributed by atoms with Gasteiger partial charge in [-0.25, -0.2) is 0 Å². The highest BCUT2D eigenvalue weighted by Crippen LogP contribution is 2.41. The molecule has 2 rings (SSSR count). The summed E-state index contributed by atoms with van der Waals surface area (Å²) in [5.41, 5.74) is 0.658. The SMILES string of the molecule is CC1(C)CCCC1Nc1cccc(Cl)c1[N+](=O)[O-]. The Morgan fingerprint density at radius 3 is 2.78 bits per heavy atom. The van der Waals surface area contributed by atoms with Crippen LogP contribution >= 0.6 is 11.6 Å². The maximum Gasteiger partial charge on any atom is 0.310 e. The molecular formula is C13H17ClN2O2. The summed E-state index contributed by atoms with van der Waals surface area (Å²) in [6.45, 7) is 4.38. The Morgan fingerprint density at radius 1 is 1.50 bits per heavy atom. The van der Waals surface area contributed by atoms with Gasteiger partial charge in [-0.1, -0.05) is 37.9 Å². The average molecular weight is 269 g/mol. The van der Waals surface area contributed by atoms with Crippen molar-refractivity contribution >= 4 is 23.0 Å². The minimum Gasteiger partial charge on any atom is -0.376 e. The van der Waals surface area contributed by atoms with Gasteiger partial charge in [0.05, 0.1) is 4.92 Å². The van der Waals surface area contributed by atoms with E-state index >= 15 is 0 Å². The fourth-order valence-corrected chi connectivity index (χ4v) is 2.84. The van der Waals surface area contributed by atoms with E-state index in [9.17, 15) is 10.1 Å². The lowest BCUT2D eigenvalue weighted by molar-refractivity contribution is -0.383. The molecule has 0 heterocycles. The minimum absolute atomic E-state index is 0.0260. The van der Waals surface area contributed by atoms with Gasteiger partial charge in [-0.3, -0.25) is 10.1 Å². The van der Waals surface area contributed by atoms with Crippen molar-refractivity contribution in [1.29, 1.82) is 0 Å². The lowest BCUT2D eigenvalue weighted by Crippen LogP contribution is -2.31. The number of nitro groups is 1. The Bertz CT molecular complexity index is 474. The van der Waals surface area contributed by atoms with Crippen molar-refractivity contribution in [2.75, 3.05) is 5.32 Å². The molecule has 1 aliphatic rings. The Morgan fingerprint density at radius 2 is 2.22 bits per heavy atom. The van der Waals surface area contributed by atoms with Crippen molar-refractivity contribution in [3.8, 4) is 0 Å². The maximum absolute atomic E-state index is 11.1. The number of hydrogen-bond acceptors (Lipinski definition) is 3. The standard InChI is InChI=1S/C13H17ClN2O2/c1-13(2)8-4-7-11(13)15-10-6-3-5-9(14)12(10)16(17)18/h3,5-6,11,15H,4,7-8H2,1-2H3. The van der Waals surface area contributed by atoms with Crippen LogP contribution in [0.15, 0.2) is 18.2 Å². The van der Waals surface area contributed by atoms with E-state index in [0.29, 0.717) is 5.69 Å². The second-order valence-corrected chi connectivity index (χ2v) is 5.88. The molecule has 1 N–H and O–H groups in total. The molecule has 0 saturated heterocycles. The number of anilines is 1. The molecule has 1 atom stereocenters. The fourth-order valence-electron chi connectivity index (χ4n) is 2.60. The summed E-state index contributed by atoms with van der Waals surface area (Å²) in [5, 5.41) is 14.5. The fraction of sp³-hybridized carbons (Fsp3) is 0.538. The first-order chi connectivity index (χ1) is 8.42. The largest absolute Gasteiger partial charge is 0.376 e. The van der Waals surface area contributed by atoms with Gasteiger partial charge < -0.3 is 5.32 Å². The van der Waals surface area contributed by atoms with E-state index in [-0.39, 0.29) is 22.2 Å². The molecule has 0 amide bonds. The van der Waals surface area contributed by atoms with Crippen LogP contribution in [0.4, 0.5) is 11.4 Å². The van der Waals surface area contributed by atoms with Crippen LogP contribution in [0.5, 0.6) is 0 Å². The van der Waals surface area contributed by atoms with E-state index in [1.54, 1.807) is 18.2 Å². The number of para-hydroxylation sites is 1. The lowest BCUT2D eigenvalue weighted by Gasteiger charge is -2.28. The Labute approximate surface area is 111 Å². The molecule has 18 heavy (non-hydrogen) atoms. The molecule has 0 bridgehead atoms. The van der Waals surface area contributed by atoms with Crippen molar-refractivity contribution in [1.82, 2.24) is 0 Å². The van der Waals surface area contributed by atoms with Gasteiger partial charge in [-0.05, 0) is 30.4 Å². The summed E-state index contributed by atoms with van der Waals surface area (Å²) >= 11 is 5.90. The van der Waals surface area contributed by atoms with Gasteiger partial charge in [-0.15, -0.1) is 0 Å². The molecule has 0 spiro atoms. The number of nitrogens with zero attached hydrogens (tertiary/aromatic N) is 1. The molecule has 1 saturated carbocycles. The number of hydrogen-bond donors (Lipinski definition) is 1. The van der Waals surface area contributed by atoms with Gasteiger partial charge in [0.2, 0.25) is 0 Å². The summed E-state index contributed by atoms with van der Waals surface area (Å²) in [4.78, 5) is 10.6. The monoisotopic (exact) mass is 268 g/mol. The highest BCUT2D eigenvalue weighted by atomic mass is 35.5. The second-order valence-electron chi connectivity index (χ2n) is 5.47. The van der Waals surface area contributed by atoms with Crippen LogP contribution in [0.2, 0.25) is 5.02 Å². The number of halogens is 1. The predicted octanol–water partition coefficient (Wildman–Crippen LogP) is 4.24. The number of rotatable bonds is 3. The van der Waals surface area contributed by atoms with Gasteiger partial charge in [-0.2, -0.15) is 0 Å². The molecular weight excluding hydrogens is 252 g/mol. The third-order valence-electron chi connectivity index (χ3n) is 3.76. The topological polar surface area (TPSA) is 55.2 Å². The van der Waals surface area contributed by atoms with Crippen LogP contribution < -0.4 is 5.32 Å². The Kier molecular flexibility index (Phi) is 3.48. The summed E-state index contributed by atoms with van der Waals surface area (Å²) in [6.07, 6.45) is 3.33. The van der Waals surface area contributed by atoms with Crippen LogP contribution in [0, 0.1) is 15.5 Å². The highest BCUT2D eigenvalue weighted by molar-refractivity contribution is 6.33. The highest BCUT2D eigenvalue weighted by Gasteiger charge is 2.35. The van der Waals surface area contributed by atoms with E-state index < -0.39 is 4.92 Å². The normalized spacial score (nSPS) is 21.8. The first-order valence-corrected chi connectivity index (χ1v) is 6.49. The first-order valence-electron chi connectivity index (χ1n) is 6.11. The molecule has 0 aliphatic heterocycles. The zero-order valence-electron chi connectivity index (χ0n) is 10.6. The molecule has 4 nitrogen and oxygen atoms in total. The molecule has 1 aromatic rings. The minimum atomic E-state index is -0.424.